The van der Waals surface area contributed by atoms with Gasteiger partial charge in [-0.1, -0.05) is 36.4 Å². The SMILES string of the molecule is COc1ccccc1CCNC(=O)c1cncc(Nc2cccc3cccnc23)c1. The molecule has 2 heterocycles. The van der Waals surface area contributed by atoms with Crippen molar-refractivity contribution in [2.45, 2.75) is 6.42 Å². The summed E-state index contributed by atoms with van der Waals surface area (Å²) < 4.78 is 5.35. The average molecular weight is 398 g/mol. The lowest BCUT2D eigenvalue weighted by molar-refractivity contribution is 0.0953. The molecule has 0 bridgehead atoms. The van der Waals surface area contributed by atoms with Crippen LogP contribution in [0.15, 0.2) is 79.3 Å². The largest absolute Gasteiger partial charge is 0.496 e. The van der Waals surface area contributed by atoms with Gasteiger partial charge in [0, 0.05) is 24.3 Å². The third kappa shape index (κ3) is 4.38. The summed E-state index contributed by atoms with van der Waals surface area (Å²) >= 11 is 0. The Morgan fingerprint density at radius 1 is 1.03 bits per heavy atom. The number of anilines is 2. The second kappa shape index (κ2) is 9.05. The van der Waals surface area contributed by atoms with Gasteiger partial charge in [-0.05, 0) is 36.2 Å². The van der Waals surface area contributed by atoms with Crippen LogP contribution in [-0.4, -0.2) is 29.5 Å². The van der Waals surface area contributed by atoms with Gasteiger partial charge in [-0.25, -0.2) is 0 Å². The van der Waals surface area contributed by atoms with E-state index in [0.29, 0.717) is 18.5 Å². The molecule has 0 aliphatic heterocycles. The van der Waals surface area contributed by atoms with Crippen LogP contribution in [0.3, 0.4) is 0 Å². The molecule has 1 amide bonds. The van der Waals surface area contributed by atoms with Crippen molar-refractivity contribution in [3.63, 3.8) is 0 Å². The van der Waals surface area contributed by atoms with Gasteiger partial charge in [-0.15, -0.1) is 0 Å². The molecule has 0 saturated heterocycles. The van der Waals surface area contributed by atoms with E-state index in [0.717, 1.165) is 33.6 Å². The van der Waals surface area contributed by atoms with Crippen LogP contribution >= 0.6 is 0 Å². The Bertz CT molecular complexity index is 1170. The highest BCUT2D eigenvalue weighted by Crippen LogP contribution is 2.24. The number of hydrogen-bond acceptors (Lipinski definition) is 5. The minimum atomic E-state index is -0.169. The third-order valence-electron chi connectivity index (χ3n) is 4.78. The van der Waals surface area contributed by atoms with E-state index >= 15 is 0 Å². The summed E-state index contributed by atoms with van der Waals surface area (Å²) in [4.78, 5) is 21.2. The first-order valence-corrected chi connectivity index (χ1v) is 9.70. The molecule has 6 nitrogen and oxygen atoms in total. The molecule has 0 aliphatic carbocycles. The lowest BCUT2D eigenvalue weighted by Gasteiger charge is -2.11. The Kier molecular flexibility index (Phi) is 5.85. The summed E-state index contributed by atoms with van der Waals surface area (Å²) in [5.74, 6) is 0.653. The van der Waals surface area contributed by atoms with Gasteiger partial charge in [-0.3, -0.25) is 14.8 Å². The van der Waals surface area contributed by atoms with E-state index in [1.54, 1.807) is 31.8 Å². The number of carbonyl (C=O) groups excluding carboxylic acids is 1. The van der Waals surface area contributed by atoms with Crippen LogP contribution < -0.4 is 15.4 Å². The number of fused-ring (bicyclic) bond motifs is 1. The monoisotopic (exact) mass is 398 g/mol. The van der Waals surface area contributed by atoms with Crippen molar-refractivity contribution in [2.75, 3.05) is 19.0 Å². The van der Waals surface area contributed by atoms with E-state index in [9.17, 15) is 4.79 Å². The number of ether oxygens (including phenoxy) is 1. The van der Waals surface area contributed by atoms with Crippen LogP contribution in [0, 0.1) is 0 Å². The average Bonchev–Trinajstić information content (AvgIpc) is 2.80. The molecule has 0 radical (unpaired) electrons. The number of carbonyl (C=O) groups is 1. The fourth-order valence-electron chi connectivity index (χ4n) is 3.32. The maximum absolute atomic E-state index is 12.6. The van der Waals surface area contributed by atoms with Crippen LogP contribution in [-0.2, 0) is 6.42 Å². The number of nitrogens with one attached hydrogen (secondary N) is 2. The Labute approximate surface area is 175 Å². The smallest absolute Gasteiger partial charge is 0.252 e. The Hall–Kier alpha value is -3.93. The summed E-state index contributed by atoms with van der Waals surface area (Å²) in [6, 6.07) is 19.4. The topological polar surface area (TPSA) is 76.1 Å². The lowest BCUT2D eigenvalue weighted by Crippen LogP contribution is -2.26. The third-order valence-corrected chi connectivity index (χ3v) is 4.78. The second-order valence-corrected chi connectivity index (χ2v) is 6.79. The highest BCUT2D eigenvalue weighted by atomic mass is 16.5. The molecule has 0 unspecified atom stereocenters. The van der Waals surface area contributed by atoms with E-state index < -0.39 is 0 Å². The number of rotatable bonds is 7. The molecule has 2 aromatic heterocycles. The summed E-state index contributed by atoms with van der Waals surface area (Å²) in [7, 11) is 1.65. The summed E-state index contributed by atoms with van der Waals surface area (Å²) in [5.41, 5.74) is 4.01. The quantitative estimate of drug-likeness (QED) is 0.484. The first kappa shape index (κ1) is 19.4. The first-order valence-electron chi connectivity index (χ1n) is 9.70. The van der Waals surface area contributed by atoms with E-state index in [4.69, 9.17) is 4.74 Å². The van der Waals surface area contributed by atoms with Crippen molar-refractivity contribution in [1.29, 1.82) is 0 Å². The predicted molar refractivity (Wildman–Crippen MR) is 118 cm³/mol. The van der Waals surface area contributed by atoms with Crippen molar-refractivity contribution in [3.05, 3.63) is 90.4 Å². The summed E-state index contributed by atoms with van der Waals surface area (Å²) in [6.45, 7) is 0.504. The zero-order chi connectivity index (χ0) is 20.8. The highest BCUT2D eigenvalue weighted by molar-refractivity contribution is 5.96. The maximum Gasteiger partial charge on any atom is 0.252 e. The van der Waals surface area contributed by atoms with Gasteiger partial charge in [-0.2, -0.15) is 0 Å². The van der Waals surface area contributed by atoms with Gasteiger partial charge >= 0.3 is 0 Å². The van der Waals surface area contributed by atoms with Crippen molar-refractivity contribution in [1.82, 2.24) is 15.3 Å². The molecule has 150 valence electrons. The number of hydrogen-bond donors (Lipinski definition) is 2. The van der Waals surface area contributed by atoms with Gasteiger partial charge in [0.25, 0.3) is 5.91 Å². The van der Waals surface area contributed by atoms with Crippen LogP contribution in [0.1, 0.15) is 15.9 Å². The van der Waals surface area contributed by atoms with Crippen LogP contribution in [0.2, 0.25) is 0 Å². The minimum Gasteiger partial charge on any atom is -0.496 e. The van der Waals surface area contributed by atoms with Crippen molar-refractivity contribution in [2.24, 2.45) is 0 Å². The minimum absolute atomic E-state index is 0.169. The molecule has 4 rings (SSSR count). The van der Waals surface area contributed by atoms with Crippen LogP contribution in [0.25, 0.3) is 10.9 Å². The predicted octanol–water partition coefficient (Wildman–Crippen LogP) is 4.35. The maximum atomic E-state index is 12.6. The van der Waals surface area contributed by atoms with Gasteiger partial charge in [0.05, 0.1) is 35.8 Å². The van der Waals surface area contributed by atoms with Crippen LogP contribution in [0.5, 0.6) is 5.75 Å². The highest BCUT2D eigenvalue weighted by Gasteiger charge is 2.09. The van der Waals surface area contributed by atoms with Gasteiger partial charge in [0.2, 0.25) is 0 Å². The number of amides is 1. The van der Waals surface area contributed by atoms with Crippen molar-refractivity contribution in [3.8, 4) is 5.75 Å². The number of para-hydroxylation sites is 2. The molecule has 0 spiro atoms. The molecule has 6 heteroatoms. The fraction of sp³-hybridized carbons (Fsp3) is 0.125. The van der Waals surface area contributed by atoms with E-state index in [-0.39, 0.29) is 5.91 Å². The van der Waals surface area contributed by atoms with Crippen molar-refractivity contribution < 1.29 is 9.53 Å². The standard InChI is InChI=1S/C24H22N4O2/c1-30-22-10-3-2-6-17(22)11-13-27-24(29)19-14-20(16-25-15-19)28-21-9-4-7-18-8-5-12-26-23(18)21/h2-10,12,14-16,28H,11,13H2,1H3,(H,27,29). The molecule has 4 aromatic rings. The molecular weight excluding hydrogens is 376 g/mol. The fourth-order valence-corrected chi connectivity index (χ4v) is 3.32. The summed E-state index contributed by atoms with van der Waals surface area (Å²) in [6.07, 6.45) is 5.69. The Morgan fingerprint density at radius 2 is 1.90 bits per heavy atom. The zero-order valence-corrected chi connectivity index (χ0v) is 16.6. The van der Waals surface area contributed by atoms with E-state index in [1.807, 2.05) is 54.6 Å². The number of methoxy groups -OCH3 is 1. The van der Waals surface area contributed by atoms with Crippen molar-refractivity contribution >= 4 is 28.2 Å². The Balaban J connectivity index is 1.43. The zero-order valence-electron chi connectivity index (χ0n) is 16.6. The molecule has 2 N–H and O–H groups in total. The van der Waals surface area contributed by atoms with Crippen LogP contribution in [0.4, 0.5) is 11.4 Å². The number of benzene rings is 2. The van der Waals surface area contributed by atoms with E-state index in [1.165, 1.54) is 0 Å². The number of pyridine rings is 2. The van der Waals surface area contributed by atoms with Gasteiger partial charge in [0.1, 0.15) is 5.75 Å². The molecular formula is C24H22N4O2. The summed E-state index contributed by atoms with van der Waals surface area (Å²) in [5, 5.41) is 7.30. The lowest BCUT2D eigenvalue weighted by atomic mass is 10.1. The van der Waals surface area contributed by atoms with Gasteiger partial charge in [0.15, 0.2) is 0 Å². The normalized spacial score (nSPS) is 10.6. The molecule has 0 atom stereocenters. The molecule has 0 saturated carbocycles. The first-order chi connectivity index (χ1) is 14.7. The Morgan fingerprint density at radius 3 is 2.80 bits per heavy atom. The molecule has 30 heavy (non-hydrogen) atoms. The van der Waals surface area contributed by atoms with E-state index in [2.05, 4.69) is 20.6 Å². The second-order valence-electron chi connectivity index (χ2n) is 6.79. The molecule has 0 aliphatic rings. The van der Waals surface area contributed by atoms with Gasteiger partial charge < -0.3 is 15.4 Å². The number of nitrogens with zero attached hydrogens (tertiary/aromatic N) is 2. The molecule has 0 fully saturated rings. The molecule has 2 aromatic carbocycles. The number of aromatic nitrogens is 2.